The molecule has 0 saturated heterocycles. The van der Waals surface area contributed by atoms with Gasteiger partial charge in [-0.15, -0.1) is 0 Å². The van der Waals surface area contributed by atoms with E-state index in [-0.39, 0.29) is 6.03 Å². The van der Waals surface area contributed by atoms with E-state index in [9.17, 15) is 9.90 Å². The number of carbonyl (C=O) groups is 1. The number of anilines is 2. The smallest absolute Gasteiger partial charge is 0.319 e. The number of benzene rings is 1. The molecule has 0 radical (unpaired) electrons. The molecule has 20 heavy (non-hydrogen) atoms. The van der Waals surface area contributed by atoms with Crippen LogP contribution in [0.3, 0.4) is 0 Å². The molecule has 0 spiro atoms. The van der Waals surface area contributed by atoms with Gasteiger partial charge in [-0.1, -0.05) is 12.8 Å². The van der Waals surface area contributed by atoms with E-state index in [1.165, 1.54) is 0 Å². The van der Waals surface area contributed by atoms with Gasteiger partial charge in [0, 0.05) is 32.0 Å². The maximum absolute atomic E-state index is 11.8. The van der Waals surface area contributed by atoms with E-state index in [0.29, 0.717) is 6.54 Å². The molecular weight excluding hydrogens is 254 g/mol. The van der Waals surface area contributed by atoms with E-state index >= 15 is 0 Å². The van der Waals surface area contributed by atoms with E-state index in [0.717, 1.165) is 37.1 Å². The highest BCUT2D eigenvalue weighted by atomic mass is 16.3. The van der Waals surface area contributed by atoms with Crippen LogP contribution in [0, 0.1) is 0 Å². The molecule has 3 N–H and O–H groups in total. The molecule has 1 aliphatic rings. The first-order valence-electron chi connectivity index (χ1n) is 7.03. The maximum Gasteiger partial charge on any atom is 0.319 e. The summed E-state index contributed by atoms with van der Waals surface area (Å²) in [6, 6.07) is 7.33. The van der Waals surface area contributed by atoms with Crippen molar-refractivity contribution in [2.24, 2.45) is 0 Å². The van der Waals surface area contributed by atoms with E-state index in [4.69, 9.17) is 0 Å². The third-order valence-electron chi connectivity index (χ3n) is 3.75. The number of hydrogen-bond donors (Lipinski definition) is 3. The van der Waals surface area contributed by atoms with Crippen molar-refractivity contribution in [1.82, 2.24) is 5.32 Å². The molecule has 0 aliphatic heterocycles. The van der Waals surface area contributed by atoms with Gasteiger partial charge < -0.3 is 20.6 Å². The highest BCUT2D eigenvalue weighted by molar-refractivity contribution is 5.89. The van der Waals surface area contributed by atoms with Crippen LogP contribution in [0.2, 0.25) is 0 Å². The van der Waals surface area contributed by atoms with Crippen molar-refractivity contribution in [3.8, 4) is 0 Å². The fraction of sp³-hybridized carbons (Fsp3) is 0.533. The highest BCUT2D eigenvalue weighted by Gasteiger charge is 2.31. The predicted molar refractivity (Wildman–Crippen MR) is 81.2 cm³/mol. The van der Waals surface area contributed by atoms with Crippen molar-refractivity contribution in [3.05, 3.63) is 24.3 Å². The lowest BCUT2D eigenvalue weighted by Crippen LogP contribution is -2.42. The maximum atomic E-state index is 11.8. The minimum Gasteiger partial charge on any atom is -0.388 e. The molecule has 0 bridgehead atoms. The van der Waals surface area contributed by atoms with Gasteiger partial charge in [0.05, 0.1) is 5.60 Å². The van der Waals surface area contributed by atoms with Gasteiger partial charge >= 0.3 is 6.03 Å². The molecule has 0 aromatic heterocycles. The van der Waals surface area contributed by atoms with Crippen LogP contribution in [-0.2, 0) is 0 Å². The Bertz CT molecular complexity index is 451. The first kappa shape index (κ1) is 14.7. The second kappa shape index (κ2) is 6.13. The molecule has 5 nitrogen and oxygen atoms in total. The lowest BCUT2D eigenvalue weighted by molar-refractivity contribution is 0.0506. The van der Waals surface area contributed by atoms with E-state index < -0.39 is 5.60 Å². The quantitative estimate of drug-likeness (QED) is 0.790. The van der Waals surface area contributed by atoms with Gasteiger partial charge in [-0.05, 0) is 37.1 Å². The Morgan fingerprint density at radius 2 is 1.85 bits per heavy atom. The summed E-state index contributed by atoms with van der Waals surface area (Å²) in [6.07, 6.45) is 3.60. The average molecular weight is 277 g/mol. The largest absolute Gasteiger partial charge is 0.388 e. The summed E-state index contributed by atoms with van der Waals surface area (Å²) in [5, 5.41) is 15.7. The van der Waals surface area contributed by atoms with Crippen LogP contribution in [0.25, 0.3) is 0 Å². The second-order valence-electron chi connectivity index (χ2n) is 5.68. The summed E-state index contributed by atoms with van der Waals surface area (Å²) in [5.41, 5.74) is 1.11. The van der Waals surface area contributed by atoms with Crippen LogP contribution < -0.4 is 15.5 Å². The summed E-state index contributed by atoms with van der Waals surface area (Å²) in [4.78, 5) is 13.8. The van der Waals surface area contributed by atoms with Crippen LogP contribution in [0.5, 0.6) is 0 Å². The fourth-order valence-electron chi connectivity index (χ4n) is 2.47. The van der Waals surface area contributed by atoms with Crippen LogP contribution >= 0.6 is 0 Å². The Hall–Kier alpha value is -1.75. The van der Waals surface area contributed by atoms with Crippen LogP contribution in [0.15, 0.2) is 24.3 Å². The van der Waals surface area contributed by atoms with E-state index in [1.807, 2.05) is 43.3 Å². The summed E-state index contributed by atoms with van der Waals surface area (Å²) in [5.74, 6) is 0. The van der Waals surface area contributed by atoms with Crippen molar-refractivity contribution in [2.75, 3.05) is 30.9 Å². The number of hydrogen-bond acceptors (Lipinski definition) is 3. The Morgan fingerprint density at radius 1 is 1.25 bits per heavy atom. The van der Waals surface area contributed by atoms with Crippen LogP contribution in [0.1, 0.15) is 25.7 Å². The Morgan fingerprint density at radius 3 is 2.40 bits per heavy atom. The molecular formula is C15H23N3O2. The van der Waals surface area contributed by atoms with Gasteiger partial charge in [0.15, 0.2) is 0 Å². The third kappa shape index (κ3) is 3.87. The van der Waals surface area contributed by atoms with Crippen molar-refractivity contribution in [1.29, 1.82) is 0 Å². The molecule has 1 aromatic rings. The number of aliphatic hydroxyl groups is 1. The number of nitrogens with one attached hydrogen (secondary N) is 2. The standard InChI is InChI=1S/C15H23N3O2/c1-18(2)13-7-5-12(6-8-13)17-14(19)16-11-15(20)9-3-4-10-15/h5-8,20H,3-4,9-11H2,1-2H3,(H2,16,17,19). The number of nitrogens with zero attached hydrogens (tertiary/aromatic N) is 1. The molecule has 0 unspecified atom stereocenters. The van der Waals surface area contributed by atoms with Gasteiger partial charge in [-0.25, -0.2) is 4.79 Å². The molecule has 1 saturated carbocycles. The normalized spacial score (nSPS) is 16.8. The Labute approximate surface area is 120 Å². The lowest BCUT2D eigenvalue weighted by atomic mass is 10.0. The number of rotatable bonds is 4. The van der Waals surface area contributed by atoms with Crippen molar-refractivity contribution in [3.63, 3.8) is 0 Å². The summed E-state index contributed by atoms with van der Waals surface area (Å²) >= 11 is 0. The zero-order chi connectivity index (χ0) is 14.6. The molecule has 0 heterocycles. The van der Waals surface area contributed by atoms with Crippen LogP contribution in [-0.4, -0.2) is 37.4 Å². The fourth-order valence-corrected chi connectivity index (χ4v) is 2.47. The van der Waals surface area contributed by atoms with Crippen molar-refractivity contribution in [2.45, 2.75) is 31.3 Å². The van der Waals surface area contributed by atoms with E-state index in [2.05, 4.69) is 10.6 Å². The van der Waals surface area contributed by atoms with Gasteiger partial charge in [0.1, 0.15) is 0 Å². The summed E-state index contributed by atoms with van der Waals surface area (Å²) < 4.78 is 0. The molecule has 2 amide bonds. The van der Waals surface area contributed by atoms with Crippen molar-refractivity contribution < 1.29 is 9.90 Å². The molecule has 1 aliphatic carbocycles. The molecule has 1 fully saturated rings. The SMILES string of the molecule is CN(C)c1ccc(NC(=O)NCC2(O)CCCC2)cc1. The Kier molecular flexibility index (Phi) is 4.49. The van der Waals surface area contributed by atoms with Gasteiger partial charge in [-0.3, -0.25) is 0 Å². The molecule has 2 rings (SSSR count). The molecule has 110 valence electrons. The Balaban J connectivity index is 1.82. The minimum absolute atomic E-state index is 0.275. The van der Waals surface area contributed by atoms with Gasteiger partial charge in [-0.2, -0.15) is 0 Å². The zero-order valence-corrected chi connectivity index (χ0v) is 12.1. The predicted octanol–water partition coefficient (Wildman–Crippen LogP) is 2.18. The van der Waals surface area contributed by atoms with E-state index in [1.54, 1.807) is 0 Å². The zero-order valence-electron chi connectivity index (χ0n) is 12.1. The van der Waals surface area contributed by atoms with Crippen LogP contribution in [0.4, 0.5) is 16.2 Å². The van der Waals surface area contributed by atoms with Crippen molar-refractivity contribution >= 4 is 17.4 Å². The molecule has 0 atom stereocenters. The average Bonchev–Trinajstić information content (AvgIpc) is 2.85. The van der Waals surface area contributed by atoms with Gasteiger partial charge in [0.2, 0.25) is 0 Å². The minimum atomic E-state index is -0.716. The topological polar surface area (TPSA) is 64.6 Å². The summed E-state index contributed by atoms with van der Waals surface area (Å²) in [6.45, 7) is 0.314. The van der Waals surface area contributed by atoms with Gasteiger partial charge in [0.25, 0.3) is 0 Å². The third-order valence-corrected chi connectivity index (χ3v) is 3.75. The highest BCUT2D eigenvalue weighted by Crippen LogP contribution is 2.28. The molecule has 5 heteroatoms. The molecule has 1 aromatic carbocycles. The summed E-state index contributed by atoms with van der Waals surface area (Å²) in [7, 11) is 3.94. The number of amides is 2. The first-order chi connectivity index (χ1) is 9.48. The first-order valence-corrected chi connectivity index (χ1v) is 7.03. The monoisotopic (exact) mass is 277 g/mol. The lowest BCUT2D eigenvalue weighted by Gasteiger charge is -2.22. The number of urea groups is 1. The second-order valence-corrected chi connectivity index (χ2v) is 5.68. The number of carbonyl (C=O) groups excluding carboxylic acids is 1.